The summed E-state index contributed by atoms with van der Waals surface area (Å²) in [4.78, 5) is 16.1. The second-order valence-corrected chi connectivity index (χ2v) is 6.32. The van der Waals surface area contributed by atoms with Crippen molar-refractivity contribution in [3.05, 3.63) is 29.6 Å². The highest BCUT2D eigenvalue weighted by atomic mass is 16.4. The number of hydrogen-bond donors (Lipinski definition) is 1. The molecule has 4 heteroatoms. The number of nitrogens with zero attached hydrogens (tertiary/aromatic N) is 2. The lowest BCUT2D eigenvalue weighted by atomic mass is 9.81. The van der Waals surface area contributed by atoms with E-state index >= 15 is 0 Å². The Balaban J connectivity index is 1.92. The number of aromatic nitrogens is 2. The van der Waals surface area contributed by atoms with Crippen molar-refractivity contribution in [2.75, 3.05) is 0 Å². The van der Waals surface area contributed by atoms with Gasteiger partial charge in [0.2, 0.25) is 0 Å². The van der Waals surface area contributed by atoms with Crippen molar-refractivity contribution in [3.63, 3.8) is 0 Å². The smallest absolute Gasteiger partial charge is 0.337 e. The standard InChI is InChI=1S/C16H18N2O2/c1-9-7-11(8-9)18-13-4-2-3-12(16(19)20)14(13)17-15(18)10-5-6-10/h2-4,9-11H,5-8H2,1H3,(H,19,20). The zero-order chi connectivity index (χ0) is 13.9. The predicted octanol–water partition coefficient (Wildman–Crippen LogP) is 3.58. The van der Waals surface area contributed by atoms with Crippen LogP contribution in [0.4, 0.5) is 0 Å². The van der Waals surface area contributed by atoms with Gasteiger partial charge in [-0.25, -0.2) is 9.78 Å². The summed E-state index contributed by atoms with van der Waals surface area (Å²) in [5.41, 5.74) is 2.00. The molecule has 0 bridgehead atoms. The van der Waals surface area contributed by atoms with E-state index < -0.39 is 5.97 Å². The number of carboxylic acid groups (broad SMARTS) is 1. The Morgan fingerprint density at radius 2 is 2.10 bits per heavy atom. The number of aromatic carboxylic acids is 1. The van der Waals surface area contributed by atoms with E-state index in [0.717, 1.165) is 17.3 Å². The van der Waals surface area contributed by atoms with Crippen LogP contribution in [0.1, 0.15) is 60.7 Å². The Kier molecular flexibility index (Phi) is 2.43. The fourth-order valence-corrected chi connectivity index (χ4v) is 3.39. The van der Waals surface area contributed by atoms with Crippen LogP contribution in [0.3, 0.4) is 0 Å². The lowest BCUT2D eigenvalue weighted by molar-refractivity contribution is 0.0699. The zero-order valence-corrected chi connectivity index (χ0v) is 11.5. The maximum Gasteiger partial charge on any atom is 0.337 e. The summed E-state index contributed by atoms with van der Waals surface area (Å²) in [6.07, 6.45) is 4.74. The maximum atomic E-state index is 11.4. The summed E-state index contributed by atoms with van der Waals surface area (Å²) in [5, 5.41) is 9.34. The molecular weight excluding hydrogens is 252 g/mol. The largest absolute Gasteiger partial charge is 0.478 e. The van der Waals surface area contributed by atoms with Crippen molar-refractivity contribution in [3.8, 4) is 0 Å². The normalized spacial score (nSPS) is 25.6. The summed E-state index contributed by atoms with van der Waals surface area (Å²) in [5.74, 6) is 1.54. The topological polar surface area (TPSA) is 55.1 Å². The molecule has 1 aromatic carbocycles. The van der Waals surface area contributed by atoms with Gasteiger partial charge in [-0.15, -0.1) is 0 Å². The van der Waals surface area contributed by atoms with E-state index in [1.165, 1.54) is 25.7 Å². The first-order valence-corrected chi connectivity index (χ1v) is 7.39. The van der Waals surface area contributed by atoms with Crippen molar-refractivity contribution in [1.29, 1.82) is 0 Å². The quantitative estimate of drug-likeness (QED) is 0.927. The van der Waals surface area contributed by atoms with Gasteiger partial charge in [0.05, 0.1) is 11.1 Å². The molecule has 0 aliphatic heterocycles. The number of carbonyl (C=O) groups is 1. The monoisotopic (exact) mass is 270 g/mol. The second-order valence-electron chi connectivity index (χ2n) is 6.32. The fraction of sp³-hybridized carbons (Fsp3) is 0.500. The van der Waals surface area contributed by atoms with Gasteiger partial charge in [0.1, 0.15) is 11.3 Å². The molecule has 1 heterocycles. The molecule has 1 aromatic heterocycles. The van der Waals surface area contributed by atoms with Crippen LogP contribution in [-0.4, -0.2) is 20.6 Å². The molecule has 0 unspecified atom stereocenters. The molecule has 20 heavy (non-hydrogen) atoms. The van der Waals surface area contributed by atoms with Crippen LogP contribution in [0.5, 0.6) is 0 Å². The Morgan fingerprint density at radius 3 is 2.70 bits per heavy atom. The number of carboxylic acids is 1. The second kappa shape index (κ2) is 4.08. The Hall–Kier alpha value is -1.84. The van der Waals surface area contributed by atoms with Gasteiger partial charge in [-0.05, 0) is 43.7 Å². The van der Waals surface area contributed by atoms with Gasteiger partial charge in [0.15, 0.2) is 0 Å². The van der Waals surface area contributed by atoms with Crippen molar-refractivity contribution >= 4 is 17.0 Å². The molecule has 4 nitrogen and oxygen atoms in total. The van der Waals surface area contributed by atoms with Crippen molar-refractivity contribution < 1.29 is 9.90 Å². The SMILES string of the molecule is CC1CC(n2c(C3CC3)nc3c(C(=O)O)cccc32)C1. The lowest BCUT2D eigenvalue weighted by Gasteiger charge is -2.35. The summed E-state index contributed by atoms with van der Waals surface area (Å²) in [6, 6.07) is 6.02. The van der Waals surface area contributed by atoms with Gasteiger partial charge < -0.3 is 9.67 Å². The highest BCUT2D eigenvalue weighted by Crippen LogP contribution is 2.46. The molecule has 104 valence electrons. The van der Waals surface area contributed by atoms with E-state index in [1.54, 1.807) is 6.07 Å². The Labute approximate surface area is 117 Å². The molecule has 0 atom stereocenters. The molecule has 0 amide bonds. The van der Waals surface area contributed by atoms with Crippen LogP contribution in [0.15, 0.2) is 18.2 Å². The number of para-hydroxylation sites is 1. The molecule has 2 aliphatic rings. The fourth-order valence-electron chi connectivity index (χ4n) is 3.39. The van der Waals surface area contributed by atoms with Gasteiger partial charge in [0, 0.05) is 12.0 Å². The van der Waals surface area contributed by atoms with Crippen LogP contribution in [0.2, 0.25) is 0 Å². The molecule has 0 radical (unpaired) electrons. The molecular formula is C16H18N2O2. The van der Waals surface area contributed by atoms with Crippen LogP contribution in [0, 0.1) is 5.92 Å². The van der Waals surface area contributed by atoms with Gasteiger partial charge in [-0.3, -0.25) is 0 Å². The van der Waals surface area contributed by atoms with Gasteiger partial charge >= 0.3 is 5.97 Å². The summed E-state index contributed by atoms with van der Waals surface area (Å²) >= 11 is 0. The van der Waals surface area contributed by atoms with E-state index in [2.05, 4.69) is 11.5 Å². The third-order valence-electron chi connectivity index (χ3n) is 4.63. The Bertz CT molecular complexity index is 694. The first-order chi connectivity index (χ1) is 9.65. The molecule has 2 fully saturated rings. The van der Waals surface area contributed by atoms with E-state index in [4.69, 9.17) is 4.98 Å². The number of rotatable bonds is 3. The van der Waals surface area contributed by atoms with Crippen molar-refractivity contribution in [2.24, 2.45) is 5.92 Å². The van der Waals surface area contributed by atoms with E-state index in [0.29, 0.717) is 23.0 Å². The zero-order valence-electron chi connectivity index (χ0n) is 11.5. The third kappa shape index (κ3) is 1.67. The Morgan fingerprint density at radius 1 is 1.35 bits per heavy atom. The molecule has 4 rings (SSSR count). The van der Waals surface area contributed by atoms with E-state index in [9.17, 15) is 9.90 Å². The van der Waals surface area contributed by atoms with Crippen LogP contribution >= 0.6 is 0 Å². The number of fused-ring (bicyclic) bond motifs is 1. The van der Waals surface area contributed by atoms with Crippen molar-refractivity contribution in [2.45, 2.75) is 44.6 Å². The minimum absolute atomic E-state index is 0.329. The number of benzene rings is 1. The first kappa shape index (κ1) is 11.9. The minimum Gasteiger partial charge on any atom is -0.478 e. The number of imidazole rings is 1. The van der Waals surface area contributed by atoms with Crippen LogP contribution < -0.4 is 0 Å². The summed E-state index contributed by atoms with van der Waals surface area (Å²) < 4.78 is 2.33. The molecule has 2 aromatic rings. The van der Waals surface area contributed by atoms with Gasteiger partial charge in [0.25, 0.3) is 0 Å². The van der Waals surface area contributed by atoms with Crippen molar-refractivity contribution in [1.82, 2.24) is 9.55 Å². The molecule has 1 N–H and O–H groups in total. The van der Waals surface area contributed by atoms with Gasteiger partial charge in [-0.1, -0.05) is 13.0 Å². The lowest BCUT2D eigenvalue weighted by Crippen LogP contribution is -2.25. The molecule has 0 saturated heterocycles. The maximum absolute atomic E-state index is 11.4. The minimum atomic E-state index is -0.885. The molecule has 2 saturated carbocycles. The van der Waals surface area contributed by atoms with Gasteiger partial charge in [-0.2, -0.15) is 0 Å². The third-order valence-corrected chi connectivity index (χ3v) is 4.63. The average Bonchev–Trinajstić information content (AvgIpc) is 3.15. The highest BCUT2D eigenvalue weighted by Gasteiger charge is 2.36. The average molecular weight is 270 g/mol. The predicted molar refractivity (Wildman–Crippen MR) is 76.1 cm³/mol. The summed E-state index contributed by atoms with van der Waals surface area (Å²) in [7, 11) is 0. The number of hydrogen-bond acceptors (Lipinski definition) is 2. The van der Waals surface area contributed by atoms with E-state index in [1.807, 2.05) is 12.1 Å². The summed E-state index contributed by atoms with van der Waals surface area (Å²) in [6.45, 7) is 2.27. The molecule has 2 aliphatic carbocycles. The van der Waals surface area contributed by atoms with Crippen LogP contribution in [0.25, 0.3) is 11.0 Å². The first-order valence-electron chi connectivity index (χ1n) is 7.39. The van der Waals surface area contributed by atoms with E-state index in [-0.39, 0.29) is 0 Å². The molecule has 0 spiro atoms. The highest BCUT2D eigenvalue weighted by molar-refractivity contribution is 6.01. The van der Waals surface area contributed by atoms with Crippen LogP contribution in [-0.2, 0) is 0 Å².